The van der Waals surface area contributed by atoms with Crippen molar-refractivity contribution in [2.45, 2.75) is 6.92 Å². The number of nitrogens with zero attached hydrogens (tertiary/aromatic N) is 2. The lowest BCUT2D eigenvalue weighted by Crippen LogP contribution is -2.13. The van der Waals surface area contributed by atoms with Gasteiger partial charge in [0, 0.05) is 6.07 Å². The molecule has 0 radical (unpaired) electrons. The van der Waals surface area contributed by atoms with Crippen molar-refractivity contribution in [3.8, 4) is 0 Å². The molecule has 0 saturated carbocycles. The lowest BCUT2D eigenvalue weighted by Gasteiger charge is -1.91. The van der Waals surface area contributed by atoms with Gasteiger partial charge in [0.25, 0.3) is 5.56 Å². The first-order chi connectivity index (χ1) is 4.20. The molecule has 3 nitrogen and oxygen atoms in total. The molecule has 0 unspecified atom stereocenters. The SMILES string of the molecule is Cc1ccc(=O)n(I)n1. The molecule has 0 fully saturated rings. The first-order valence-corrected chi connectivity index (χ1v) is 3.40. The molecule has 0 atom stereocenters. The average molecular weight is 236 g/mol. The second-order valence-corrected chi connectivity index (χ2v) is 2.59. The first-order valence-electron chi connectivity index (χ1n) is 2.43. The zero-order chi connectivity index (χ0) is 6.85. The normalized spacial score (nSPS) is 9.56. The molecule has 1 aromatic heterocycles. The van der Waals surface area contributed by atoms with Crippen molar-refractivity contribution in [2.24, 2.45) is 0 Å². The van der Waals surface area contributed by atoms with Crippen molar-refractivity contribution < 1.29 is 0 Å². The van der Waals surface area contributed by atoms with E-state index in [4.69, 9.17) is 0 Å². The fourth-order valence-corrected chi connectivity index (χ4v) is 0.976. The van der Waals surface area contributed by atoms with Gasteiger partial charge in [-0.2, -0.15) is 7.99 Å². The summed E-state index contributed by atoms with van der Waals surface area (Å²) in [6.45, 7) is 1.84. The van der Waals surface area contributed by atoms with E-state index in [1.165, 1.54) is 8.96 Å². The van der Waals surface area contributed by atoms with E-state index in [2.05, 4.69) is 5.10 Å². The molecule has 0 N–H and O–H groups in total. The van der Waals surface area contributed by atoms with E-state index in [1.54, 1.807) is 6.07 Å². The van der Waals surface area contributed by atoms with E-state index >= 15 is 0 Å². The fraction of sp³-hybridized carbons (Fsp3) is 0.200. The molecule has 1 heterocycles. The Hall–Kier alpha value is -0.390. The molecule has 0 aliphatic rings. The lowest BCUT2D eigenvalue weighted by atomic mass is 10.4. The van der Waals surface area contributed by atoms with Gasteiger partial charge in [-0.3, -0.25) is 4.79 Å². The number of halogens is 1. The fourth-order valence-electron chi connectivity index (χ4n) is 0.474. The van der Waals surface area contributed by atoms with Crippen LogP contribution in [0.2, 0.25) is 0 Å². The highest BCUT2D eigenvalue weighted by atomic mass is 127. The molecular weight excluding hydrogens is 231 g/mol. The number of aromatic nitrogens is 2. The van der Waals surface area contributed by atoms with Crippen LogP contribution in [0.1, 0.15) is 5.69 Å². The van der Waals surface area contributed by atoms with E-state index in [1.807, 2.05) is 29.8 Å². The minimum absolute atomic E-state index is 0.0822. The lowest BCUT2D eigenvalue weighted by molar-refractivity contribution is 0.919. The molecule has 1 aromatic rings. The largest absolute Gasteiger partial charge is 0.275 e. The van der Waals surface area contributed by atoms with Crippen LogP contribution in [0.25, 0.3) is 0 Å². The van der Waals surface area contributed by atoms with Gasteiger partial charge >= 0.3 is 0 Å². The Labute approximate surface area is 66.2 Å². The van der Waals surface area contributed by atoms with Crippen LogP contribution in [0.4, 0.5) is 0 Å². The molecule has 1 rings (SSSR count). The van der Waals surface area contributed by atoms with Crippen LogP contribution >= 0.6 is 22.9 Å². The minimum atomic E-state index is -0.0822. The monoisotopic (exact) mass is 236 g/mol. The Morgan fingerprint density at radius 2 is 2.33 bits per heavy atom. The number of aryl methyl sites for hydroxylation is 1. The van der Waals surface area contributed by atoms with Crippen molar-refractivity contribution in [1.82, 2.24) is 7.99 Å². The van der Waals surface area contributed by atoms with Crippen LogP contribution in [-0.2, 0) is 0 Å². The quantitative estimate of drug-likeness (QED) is 0.623. The predicted molar refractivity (Wildman–Crippen MR) is 42.7 cm³/mol. The van der Waals surface area contributed by atoms with E-state index in [9.17, 15) is 4.79 Å². The summed E-state index contributed by atoms with van der Waals surface area (Å²) in [7, 11) is 0. The molecule has 4 heteroatoms. The van der Waals surface area contributed by atoms with Crippen molar-refractivity contribution >= 4 is 22.9 Å². The molecule has 48 valence electrons. The van der Waals surface area contributed by atoms with E-state index in [0.29, 0.717) is 0 Å². The van der Waals surface area contributed by atoms with Gasteiger partial charge < -0.3 is 0 Å². The Balaban J connectivity index is 3.34. The number of hydrogen-bond donors (Lipinski definition) is 0. The number of rotatable bonds is 0. The third kappa shape index (κ3) is 1.51. The Bertz CT molecular complexity index is 268. The second-order valence-electron chi connectivity index (χ2n) is 1.67. The summed E-state index contributed by atoms with van der Waals surface area (Å²) >= 11 is 1.84. The average Bonchev–Trinajstić information content (AvgIpc) is 1.80. The maximum absolute atomic E-state index is 10.7. The highest BCUT2D eigenvalue weighted by Crippen LogP contribution is 1.87. The van der Waals surface area contributed by atoms with Crippen LogP contribution in [0, 0.1) is 6.92 Å². The van der Waals surface area contributed by atoms with E-state index < -0.39 is 0 Å². The predicted octanol–water partition coefficient (Wildman–Crippen LogP) is 0.750. The van der Waals surface area contributed by atoms with Gasteiger partial charge in [0.15, 0.2) is 0 Å². The summed E-state index contributed by atoms with van der Waals surface area (Å²) in [4.78, 5) is 10.7. The maximum atomic E-state index is 10.7. The minimum Gasteiger partial charge on any atom is -0.267 e. The summed E-state index contributed by atoms with van der Waals surface area (Å²) in [5.41, 5.74) is 0.769. The van der Waals surface area contributed by atoms with Crippen molar-refractivity contribution in [3.63, 3.8) is 0 Å². The Morgan fingerprint density at radius 3 is 2.78 bits per heavy atom. The molecule has 0 aliphatic heterocycles. The van der Waals surface area contributed by atoms with Gasteiger partial charge in [-0.05, 0) is 13.0 Å². The topological polar surface area (TPSA) is 34.9 Å². The van der Waals surface area contributed by atoms with Crippen LogP contribution < -0.4 is 5.56 Å². The van der Waals surface area contributed by atoms with Crippen molar-refractivity contribution in [1.29, 1.82) is 0 Å². The highest BCUT2D eigenvalue weighted by molar-refractivity contribution is 14.1. The van der Waals surface area contributed by atoms with Crippen LogP contribution in [0.3, 0.4) is 0 Å². The van der Waals surface area contributed by atoms with Gasteiger partial charge in [0.1, 0.15) is 0 Å². The van der Waals surface area contributed by atoms with E-state index in [0.717, 1.165) is 5.69 Å². The van der Waals surface area contributed by atoms with Crippen LogP contribution in [-0.4, -0.2) is 7.99 Å². The van der Waals surface area contributed by atoms with Gasteiger partial charge in [0.2, 0.25) is 0 Å². The molecule has 9 heavy (non-hydrogen) atoms. The zero-order valence-electron chi connectivity index (χ0n) is 4.84. The third-order valence-corrected chi connectivity index (χ3v) is 1.59. The van der Waals surface area contributed by atoms with Crippen molar-refractivity contribution in [2.75, 3.05) is 0 Å². The Kier molecular flexibility index (Phi) is 1.84. The van der Waals surface area contributed by atoms with Gasteiger partial charge in [0.05, 0.1) is 28.6 Å². The Morgan fingerprint density at radius 1 is 1.67 bits per heavy atom. The second kappa shape index (κ2) is 2.47. The van der Waals surface area contributed by atoms with Gasteiger partial charge in [-0.15, -0.1) is 0 Å². The molecule has 0 saturated heterocycles. The third-order valence-electron chi connectivity index (χ3n) is 0.895. The maximum Gasteiger partial charge on any atom is 0.275 e. The molecule has 0 bridgehead atoms. The smallest absolute Gasteiger partial charge is 0.267 e. The van der Waals surface area contributed by atoms with Crippen LogP contribution in [0.5, 0.6) is 0 Å². The highest BCUT2D eigenvalue weighted by Gasteiger charge is 1.89. The molecule has 0 aromatic carbocycles. The molecular formula is C5H5IN2O. The van der Waals surface area contributed by atoms with Crippen LogP contribution in [0.15, 0.2) is 16.9 Å². The summed E-state index contributed by atoms with van der Waals surface area (Å²) in [6, 6.07) is 3.19. The van der Waals surface area contributed by atoms with Crippen molar-refractivity contribution in [3.05, 3.63) is 28.2 Å². The van der Waals surface area contributed by atoms with Gasteiger partial charge in [-0.1, -0.05) is 0 Å². The van der Waals surface area contributed by atoms with E-state index in [-0.39, 0.29) is 5.56 Å². The summed E-state index contributed by atoms with van der Waals surface area (Å²) in [5, 5.41) is 3.86. The molecule has 0 spiro atoms. The summed E-state index contributed by atoms with van der Waals surface area (Å²) in [5.74, 6) is 0. The standard InChI is InChI=1S/C5H5IN2O/c1-4-2-3-5(9)8(6)7-4/h2-3H,1H3. The summed E-state index contributed by atoms with van der Waals surface area (Å²) in [6.07, 6.45) is 0. The van der Waals surface area contributed by atoms with Gasteiger partial charge in [-0.25, -0.2) is 0 Å². The zero-order valence-corrected chi connectivity index (χ0v) is 6.99. The molecule has 0 amide bonds. The molecule has 0 aliphatic carbocycles. The first kappa shape index (κ1) is 6.73. The summed E-state index contributed by atoms with van der Waals surface area (Å²) < 4.78 is 1.28. The number of hydrogen-bond acceptors (Lipinski definition) is 2.